The van der Waals surface area contributed by atoms with Gasteiger partial charge in [0.2, 0.25) is 10.0 Å². The molecule has 0 aliphatic heterocycles. The molecule has 2 rings (SSSR count). The summed E-state index contributed by atoms with van der Waals surface area (Å²) in [5.74, 6) is 1.48. The first-order chi connectivity index (χ1) is 7.90. The molecule has 5 nitrogen and oxygen atoms in total. The largest absolute Gasteiger partial charge is 0.465 e. The molecule has 1 saturated carbocycles. The Hall–Kier alpha value is -0.850. The van der Waals surface area contributed by atoms with Crippen molar-refractivity contribution < 1.29 is 12.8 Å². The van der Waals surface area contributed by atoms with Gasteiger partial charge in [0, 0.05) is 12.6 Å². The minimum Gasteiger partial charge on any atom is -0.465 e. The lowest BCUT2D eigenvalue weighted by Crippen LogP contribution is -2.38. The average molecular weight is 258 g/mol. The molecule has 0 saturated heterocycles. The van der Waals surface area contributed by atoms with Crippen LogP contribution >= 0.6 is 0 Å². The number of rotatable bonds is 5. The molecular formula is C11H18N2O3S. The van der Waals surface area contributed by atoms with Gasteiger partial charge in [-0.2, -0.15) is 0 Å². The number of hydrogen-bond acceptors (Lipinski definition) is 4. The Kier molecular flexibility index (Phi) is 3.29. The molecule has 96 valence electrons. The second kappa shape index (κ2) is 4.44. The normalized spacial score (nSPS) is 18.3. The predicted octanol–water partition coefficient (Wildman–Crippen LogP) is 0.912. The molecule has 1 fully saturated rings. The maximum absolute atomic E-state index is 12.0. The highest BCUT2D eigenvalue weighted by Gasteiger charge is 2.30. The molecule has 0 spiro atoms. The Balaban J connectivity index is 2.05. The summed E-state index contributed by atoms with van der Waals surface area (Å²) < 4.78 is 31.7. The Morgan fingerprint density at radius 1 is 1.53 bits per heavy atom. The van der Waals surface area contributed by atoms with Gasteiger partial charge in [-0.1, -0.05) is 0 Å². The summed E-state index contributed by atoms with van der Waals surface area (Å²) in [6.45, 7) is 3.65. The van der Waals surface area contributed by atoms with Crippen molar-refractivity contribution in [2.24, 2.45) is 11.7 Å². The Morgan fingerprint density at radius 3 is 2.65 bits per heavy atom. The molecule has 1 aromatic rings. The monoisotopic (exact) mass is 258 g/mol. The molecule has 17 heavy (non-hydrogen) atoms. The Morgan fingerprint density at radius 2 is 2.18 bits per heavy atom. The van der Waals surface area contributed by atoms with Crippen molar-refractivity contribution in [2.75, 3.05) is 6.54 Å². The van der Waals surface area contributed by atoms with Gasteiger partial charge in [0.25, 0.3) is 0 Å². The van der Waals surface area contributed by atoms with Gasteiger partial charge in [0.05, 0.1) is 0 Å². The standard InChI is InChI=1S/C11H18N2O3S/c1-7-5-11(8(2)16-7)17(14,15)13-6-10(12)9-3-4-9/h5,9-10,13H,3-4,6,12H2,1-2H3. The van der Waals surface area contributed by atoms with Crippen LogP contribution in [-0.2, 0) is 10.0 Å². The third kappa shape index (κ3) is 2.88. The van der Waals surface area contributed by atoms with Gasteiger partial charge >= 0.3 is 0 Å². The van der Waals surface area contributed by atoms with E-state index in [0.29, 0.717) is 17.4 Å². The van der Waals surface area contributed by atoms with Crippen LogP contribution in [0.15, 0.2) is 15.4 Å². The zero-order valence-corrected chi connectivity index (χ0v) is 10.9. The van der Waals surface area contributed by atoms with E-state index in [1.165, 1.54) is 6.07 Å². The molecule has 0 amide bonds. The zero-order chi connectivity index (χ0) is 12.6. The van der Waals surface area contributed by atoms with Crippen LogP contribution in [0.5, 0.6) is 0 Å². The van der Waals surface area contributed by atoms with Crippen LogP contribution in [0, 0.1) is 19.8 Å². The van der Waals surface area contributed by atoms with Gasteiger partial charge < -0.3 is 10.2 Å². The van der Waals surface area contributed by atoms with Crippen molar-refractivity contribution in [3.8, 4) is 0 Å². The quantitative estimate of drug-likeness (QED) is 0.822. The summed E-state index contributed by atoms with van der Waals surface area (Å²) >= 11 is 0. The molecule has 0 radical (unpaired) electrons. The third-order valence-corrected chi connectivity index (χ3v) is 4.55. The van der Waals surface area contributed by atoms with Crippen LogP contribution in [0.4, 0.5) is 0 Å². The number of furan rings is 1. The van der Waals surface area contributed by atoms with E-state index in [2.05, 4.69) is 4.72 Å². The minimum atomic E-state index is -3.49. The Labute approximate surface area is 101 Å². The maximum Gasteiger partial charge on any atom is 0.244 e. The highest BCUT2D eigenvalue weighted by atomic mass is 32.2. The van der Waals surface area contributed by atoms with E-state index < -0.39 is 10.0 Å². The second-order valence-corrected chi connectivity index (χ2v) is 6.37. The predicted molar refractivity (Wildman–Crippen MR) is 64.1 cm³/mol. The van der Waals surface area contributed by atoms with E-state index in [4.69, 9.17) is 10.2 Å². The van der Waals surface area contributed by atoms with Crippen LogP contribution < -0.4 is 10.5 Å². The fraction of sp³-hybridized carbons (Fsp3) is 0.636. The molecule has 1 unspecified atom stereocenters. The highest BCUT2D eigenvalue weighted by Crippen LogP contribution is 2.31. The molecule has 1 aromatic heterocycles. The van der Waals surface area contributed by atoms with Crippen molar-refractivity contribution in [1.29, 1.82) is 0 Å². The summed E-state index contributed by atoms with van der Waals surface area (Å²) in [7, 11) is -3.49. The molecule has 0 bridgehead atoms. The number of nitrogens with two attached hydrogens (primary N) is 1. The van der Waals surface area contributed by atoms with Crippen molar-refractivity contribution in [1.82, 2.24) is 4.72 Å². The molecule has 1 heterocycles. The lowest BCUT2D eigenvalue weighted by molar-refractivity contribution is 0.494. The number of hydrogen-bond donors (Lipinski definition) is 2. The molecular weight excluding hydrogens is 240 g/mol. The van der Waals surface area contributed by atoms with Gasteiger partial charge in [0.15, 0.2) is 0 Å². The van der Waals surface area contributed by atoms with Crippen molar-refractivity contribution >= 4 is 10.0 Å². The fourth-order valence-electron chi connectivity index (χ4n) is 1.85. The van der Waals surface area contributed by atoms with Gasteiger partial charge in [0.1, 0.15) is 16.4 Å². The summed E-state index contributed by atoms with van der Waals surface area (Å²) in [5.41, 5.74) is 5.86. The van der Waals surface area contributed by atoms with E-state index >= 15 is 0 Å². The van der Waals surface area contributed by atoms with Crippen LogP contribution in [0.1, 0.15) is 24.4 Å². The first-order valence-corrected chi connectivity index (χ1v) is 7.21. The molecule has 1 aliphatic carbocycles. The topological polar surface area (TPSA) is 85.3 Å². The van der Waals surface area contributed by atoms with Crippen LogP contribution in [0.3, 0.4) is 0 Å². The maximum atomic E-state index is 12.0. The molecule has 6 heteroatoms. The SMILES string of the molecule is Cc1cc(S(=O)(=O)NCC(N)C2CC2)c(C)o1. The number of sulfonamides is 1. The molecule has 3 N–H and O–H groups in total. The summed E-state index contributed by atoms with van der Waals surface area (Å²) in [5, 5.41) is 0. The lowest BCUT2D eigenvalue weighted by atomic mass is 10.2. The van der Waals surface area contributed by atoms with Crippen molar-refractivity contribution in [2.45, 2.75) is 37.6 Å². The van der Waals surface area contributed by atoms with Gasteiger partial charge in [-0.25, -0.2) is 13.1 Å². The van der Waals surface area contributed by atoms with Crippen molar-refractivity contribution in [3.05, 3.63) is 17.6 Å². The van der Waals surface area contributed by atoms with Crippen LogP contribution in [-0.4, -0.2) is 21.0 Å². The average Bonchev–Trinajstić information content (AvgIpc) is 3.01. The highest BCUT2D eigenvalue weighted by molar-refractivity contribution is 7.89. The van der Waals surface area contributed by atoms with E-state index in [1.54, 1.807) is 13.8 Å². The van der Waals surface area contributed by atoms with Crippen LogP contribution in [0.25, 0.3) is 0 Å². The Bertz CT molecular complexity index is 503. The van der Waals surface area contributed by atoms with E-state index in [1.807, 2.05) is 0 Å². The molecule has 1 aliphatic rings. The smallest absolute Gasteiger partial charge is 0.244 e. The summed E-state index contributed by atoms with van der Waals surface area (Å²) in [4.78, 5) is 0.206. The van der Waals surface area contributed by atoms with Crippen LogP contribution in [0.2, 0.25) is 0 Å². The zero-order valence-electron chi connectivity index (χ0n) is 10.1. The van der Waals surface area contributed by atoms with Crippen molar-refractivity contribution in [3.63, 3.8) is 0 Å². The number of nitrogens with one attached hydrogen (secondary N) is 1. The minimum absolute atomic E-state index is 0.0851. The summed E-state index contributed by atoms with van der Waals surface area (Å²) in [6, 6.07) is 1.44. The second-order valence-electron chi connectivity index (χ2n) is 4.63. The van der Waals surface area contributed by atoms with E-state index in [-0.39, 0.29) is 17.5 Å². The third-order valence-electron chi connectivity index (χ3n) is 3.02. The van der Waals surface area contributed by atoms with Gasteiger partial charge in [-0.3, -0.25) is 0 Å². The first kappa shape index (κ1) is 12.6. The molecule has 0 aromatic carbocycles. The number of aryl methyl sites for hydroxylation is 2. The van der Waals surface area contributed by atoms with E-state index in [0.717, 1.165) is 12.8 Å². The fourth-order valence-corrected chi connectivity index (χ4v) is 3.16. The lowest BCUT2D eigenvalue weighted by Gasteiger charge is -2.11. The summed E-state index contributed by atoms with van der Waals surface area (Å²) in [6.07, 6.45) is 2.21. The van der Waals surface area contributed by atoms with E-state index in [9.17, 15) is 8.42 Å². The van der Waals surface area contributed by atoms with Gasteiger partial charge in [-0.05, 0) is 38.7 Å². The molecule has 1 atom stereocenters. The first-order valence-electron chi connectivity index (χ1n) is 5.72. The van der Waals surface area contributed by atoms with Gasteiger partial charge in [-0.15, -0.1) is 0 Å².